The molecule has 92 valence electrons. The molecule has 3 aromatic rings. The summed E-state index contributed by atoms with van der Waals surface area (Å²) in [6.45, 7) is 1.95. The van der Waals surface area contributed by atoms with Crippen molar-refractivity contribution in [3.63, 3.8) is 0 Å². The Morgan fingerprint density at radius 2 is 2.06 bits per heavy atom. The third-order valence-corrected chi connectivity index (χ3v) is 3.54. The number of para-hydroxylation sites is 1. The molecular weight excluding hydrogens is 268 g/mol. The molecule has 0 aliphatic carbocycles. The number of nitrogens with one attached hydrogen (secondary N) is 1. The van der Waals surface area contributed by atoms with E-state index in [1.54, 1.807) is 4.68 Å². The smallest absolute Gasteiger partial charge is 0.184 e. The topological polar surface area (TPSA) is 38.5 Å². The maximum absolute atomic E-state index is 6.24. The third-order valence-electron chi connectivity index (χ3n) is 2.93. The van der Waals surface area contributed by atoms with Crippen LogP contribution in [0.2, 0.25) is 5.02 Å². The fraction of sp³-hybridized carbons (Fsp3) is 0.167. The van der Waals surface area contributed by atoms with Crippen molar-refractivity contribution >= 4 is 35.0 Å². The van der Waals surface area contributed by atoms with Crippen LogP contribution in [0.5, 0.6) is 0 Å². The monoisotopic (exact) mass is 278 g/mol. The lowest BCUT2D eigenvalue weighted by Gasteiger charge is -2.06. The van der Waals surface area contributed by atoms with Crippen molar-refractivity contribution in [2.75, 3.05) is 0 Å². The number of benzene rings is 1. The first-order valence-corrected chi connectivity index (χ1v) is 6.27. The summed E-state index contributed by atoms with van der Waals surface area (Å²) in [5.41, 5.74) is 3.65. The molecule has 0 saturated carbocycles. The van der Waals surface area contributed by atoms with Crippen LogP contribution in [0, 0.1) is 11.7 Å². The molecular formula is C12H11ClN4S. The molecule has 0 unspecified atom stereocenters. The summed E-state index contributed by atoms with van der Waals surface area (Å²) >= 11 is 11.6. The Morgan fingerprint density at radius 1 is 1.33 bits per heavy atom. The van der Waals surface area contributed by atoms with Crippen LogP contribution >= 0.6 is 23.8 Å². The van der Waals surface area contributed by atoms with Gasteiger partial charge < -0.3 is 4.98 Å². The number of aromatic nitrogens is 4. The van der Waals surface area contributed by atoms with Crippen LogP contribution < -0.4 is 0 Å². The molecule has 0 saturated heterocycles. The molecule has 0 atom stereocenters. The minimum Gasteiger partial charge on any atom is -0.327 e. The number of hydrogen-bond acceptors (Lipinski definition) is 2. The minimum atomic E-state index is 0.620. The largest absolute Gasteiger partial charge is 0.327 e. The van der Waals surface area contributed by atoms with Crippen molar-refractivity contribution in [2.24, 2.45) is 7.05 Å². The molecule has 0 aliphatic rings. The first-order chi connectivity index (χ1) is 8.59. The van der Waals surface area contributed by atoms with Crippen molar-refractivity contribution < 1.29 is 0 Å². The van der Waals surface area contributed by atoms with Crippen LogP contribution in [-0.2, 0) is 7.05 Å². The van der Waals surface area contributed by atoms with E-state index in [-0.39, 0.29) is 0 Å². The highest BCUT2D eigenvalue weighted by atomic mass is 35.5. The molecule has 1 aromatic carbocycles. The standard InChI is InChI=1S/C12H11ClN4S/c1-7-10-11(16(2)15-7)17(12(18)14-10)9-6-4-3-5-8(9)13/h3-6H,1-2H3,(H,14,18). The molecule has 2 aromatic heterocycles. The van der Waals surface area contributed by atoms with Crippen molar-refractivity contribution in [3.8, 4) is 5.69 Å². The van der Waals surface area contributed by atoms with E-state index in [1.165, 1.54) is 0 Å². The Morgan fingerprint density at radius 3 is 2.78 bits per heavy atom. The van der Waals surface area contributed by atoms with Crippen LogP contribution in [0.15, 0.2) is 24.3 Å². The highest BCUT2D eigenvalue weighted by Gasteiger charge is 2.15. The van der Waals surface area contributed by atoms with Gasteiger partial charge in [-0.25, -0.2) is 4.68 Å². The van der Waals surface area contributed by atoms with Gasteiger partial charge in [-0.05, 0) is 31.3 Å². The first kappa shape index (κ1) is 11.5. The fourth-order valence-electron chi connectivity index (χ4n) is 2.16. The molecule has 0 aliphatic heterocycles. The molecule has 18 heavy (non-hydrogen) atoms. The highest BCUT2D eigenvalue weighted by Crippen LogP contribution is 2.26. The van der Waals surface area contributed by atoms with Gasteiger partial charge in [0.15, 0.2) is 10.4 Å². The molecule has 4 nitrogen and oxygen atoms in total. The Balaban J connectivity index is 2.46. The Labute approximate surface area is 114 Å². The summed E-state index contributed by atoms with van der Waals surface area (Å²) in [7, 11) is 1.89. The number of nitrogens with zero attached hydrogens (tertiary/aromatic N) is 3. The quantitative estimate of drug-likeness (QED) is 0.693. The van der Waals surface area contributed by atoms with Gasteiger partial charge in [-0.15, -0.1) is 0 Å². The van der Waals surface area contributed by atoms with Gasteiger partial charge in [0, 0.05) is 7.05 Å². The minimum absolute atomic E-state index is 0.620. The average Bonchev–Trinajstić information content (AvgIpc) is 2.79. The van der Waals surface area contributed by atoms with Gasteiger partial charge in [-0.1, -0.05) is 23.7 Å². The highest BCUT2D eigenvalue weighted by molar-refractivity contribution is 7.71. The number of H-pyrrole nitrogens is 1. The second-order valence-electron chi connectivity index (χ2n) is 4.12. The number of fused-ring (bicyclic) bond motifs is 1. The lowest BCUT2D eigenvalue weighted by Crippen LogP contribution is -2.01. The number of aryl methyl sites for hydroxylation is 2. The van der Waals surface area contributed by atoms with Gasteiger partial charge in [0.05, 0.1) is 16.4 Å². The first-order valence-electron chi connectivity index (χ1n) is 5.49. The summed E-state index contributed by atoms with van der Waals surface area (Å²) in [4.78, 5) is 3.18. The summed E-state index contributed by atoms with van der Waals surface area (Å²) in [6, 6.07) is 7.62. The number of imidazole rings is 1. The lowest BCUT2D eigenvalue weighted by molar-refractivity contribution is 0.759. The summed E-state index contributed by atoms with van der Waals surface area (Å²) in [5.74, 6) is 0. The Hall–Kier alpha value is -1.59. The average molecular weight is 279 g/mol. The SMILES string of the molecule is Cc1nn(C)c2c1[nH]c(=S)n2-c1ccccc1Cl. The molecule has 0 spiro atoms. The van der Waals surface area contributed by atoms with Crippen LogP contribution in [-0.4, -0.2) is 19.3 Å². The van der Waals surface area contributed by atoms with Crippen molar-refractivity contribution in [3.05, 3.63) is 39.8 Å². The maximum Gasteiger partial charge on any atom is 0.184 e. The number of hydrogen-bond donors (Lipinski definition) is 1. The lowest BCUT2D eigenvalue weighted by atomic mass is 10.3. The van der Waals surface area contributed by atoms with E-state index in [0.29, 0.717) is 9.79 Å². The van der Waals surface area contributed by atoms with Crippen LogP contribution in [0.3, 0.4) is 0 Å². The van der Waals surface area contributed by atoms with Gasteiger partial charge in [-0.3, -0.25) is 4.57 Å². The zero-order valence-electron chi connectivity index (χ0n) is 9.94. The van der Waals surface area contributed by atoms with E-state index in [4.69, 9.17) is 23.8 Å². The van der Waals surface area contributed by atoms with Crippen LogP contribution in [0.1, 0.15) is 5.69 Å². The second kappa shape index (κ2) is 3.96. The molecule has 1 N–H and O–H groups in total. The van der Waals surface area contributed by atoms with E-state index < -0.39 is 0 Å². The molecule has 2 heterocycles. The second-order valence-corrected chi connectivity index (χ2v) is 4.92. The zero-order valence-corrected chi connectivity index (χ0v) is 11.5. The normalized spacial score (nSPS) is 11.3. The van der Waals surface area contributed by atoms with Gasteiger partial charge >= 0.3 is 0 Å². The van der Waals surface area contributed by atoms with Gasteiger partial charge in [0.1, 0.15) is 5.52 Å². The predicted octanol–water partition coefficient (Wildman–Crippen LogP) is 3.38. The molecule has 0 radical (unpaired) electrons. The van der Waals surface area contributed by atoms with Crippen molar-refractivity contribution in [1.82, 2.24) is 19.3 Å². The fourth-order valence-corrected chi connectivity index (χ4v) is 2.67. The summed E-state index contributed by atoms with van der Waals surface area (Å²) < 4.78 is 4.34. The van der Waals surface area contributed by atoms with E-state index in [0.717, 1.165) is 22.5 Å². The van der Waals surface area contributed by atoms with E-state index in [2.05, 4.69) is 10.1 Å². The molecule has 0 bridgehead atoms. The molecule has 0 amide bonds. The summed E-state index contributed by atoms with van der Waals surface area (Å²) in [6.07, 6.45) is 0. The number of aromatic amines is 1. The zero-order chi connectivity index (χ0) is 12.9. The van der Waals surface area contributed by atoms with Crippen molar-refractivity contribution in [1.29, 1.82) is 0 Å². The maximum atomic E-state index is 6.24. The van der Waals surface area contributed by atoms with Gasteiger partial charge in [-0.2, -0.15) is 5.10 Å². The molecule has 3 rings (SSSR count). The van der Waals surface area contributed by atoms with Crippen LogP contribution in [0.4, 0.5) is 0 Å². The molecule has 0 fully saturated rings. The van der Waals surface area contributed by atoms with E-state index >= 15 is 0 Å². The Kier molecular flexibility index (Phi) is 2.53. The summed E-state index contributed by atoms with van der Waals surface area (Å²) in [5, 5.41) is 5.04. The third kappa shape index (κ3) is 1.51. The molecule has 6 heteroatoms. The van der Waals surface area contributed by atoms with Gasteiger partial charge in [0.25, 0.3) is 0 Å². The number of halogens is 1. The Bertz CT molecular complexity index is 796. The van der Waals surface area contributed by atoms with E-state index in [9.17, 15) is 0 Å². The van der Waals surface area contributed by atoms with Crippen LogP contribution in [0.25, 0.3) is 16.9 Å². The van der Waals surface area contributed by atoms with Gasteiger partial charge in [0.2, 0.25) is 0 Å². The van der Waals surface area contributed by atoms with Crippen molar-refractivity contribution in [2.45, 2.75) is 6.92 Å². The number of rotatable bonds is 1. The predicted molar refractivity (Wildman–Crippen MR) is 75.0 cm³/mol. The van der Waals surface area contributed by atoms with E-state index in [1.807, 2.05) is 42.8 Å².